The third-order valence-electron chi connectivity index (χ3n) is 4.84. The lowest BCUT2D eigenvalue weighted by atomic mass is 9.96. The monoisotopic (exact) mass is 455 g/mol. The summed E-state index contributed by atoms with van der Waals surface area (Å²) in [6.45, 7) is 0. The van der Waals surface area contributed by atoms with Crippen LogP contribution in [-0.4, -0.2) is 16.1 Å². The second-order valence-electron chi connectivity index (χ2n) is 6.83. The number of anilines is 1. The van der Waals surface area contributed by atoms with E-state index < -0.39 is 17.7 Å². The van der Waals surface area contributed by atoms with E-state index in [1.54, 1.807) is 41.8 Å². The number of thiazole rings is 1. The largest absolute Gasteiger partial charge is 0.761 e. The Morgan fingerprint density at radius 2 is 1.66 bits per heavy atom. The molecule has 0 fully saturated rings. The molecule has 0 saturated heterocycles. The van der Waals surface area contributed by atoms with Crippen LogP contribution in [0.25, 0.3) is 33.0 Å². The number of halogens is 3. The van der Waals surface area contributed by atoms with Gasteiger partial charge in [0.1, 0.15) is 5.01 Å². The summed E-state index contributed by atoms with van der Waals surface area (Å²) in [6.07, 6.45) is -4.42. The highest BCUT2D eigenvalue weighted by molar-refractivity contribution is 7.13. The van der Waals surface area contributed by atoms with Crippen molar-refractivity contribution in [1.29, 1.82) is 0 Å². The molecule has 3 aromatic carbocycles. The van der Waals surface area contributed by atoms with Crippen LogP contribution in [0.1, 0.15) is 15.9 Å². The zero-order valence-corrected chi connectivity index (χ0v) is 17.0. The van der Waals surface area contributed by atoms with Crippen LogP contribution in [0, 0.1) is 5.21 Å². The van der Waals surface area contributed by atoms with Gasteiger partial charge in [0.15, 0.2) is 0 Å². The molecule has 0 bridgehead atoms. The number of carboxylic acid groups (broad SMARTS) is 1. The van der Waals surface area contributed by atoms with E-state index in [-0.39, 0.29) is 11.3 Å². The fraction of sp³-hybridized carbons (Fsp3) is 0.0435. The predicted molar refractivity (Wildman–Crippen MR) is 117 cm³/mol. The van der Waals surface area contributed by atoms with E-state index >= 15 is 0 Å². The maximum Gasteiger partial charge on any atom is 0.416 e. The van der Waals surface area contributed by atoms with Gasteiger partial charge in [0, 0.05) is 27.8 Å². The smallest absolute Gasteiger partial charge is 0.416 e. The predicted octanol–water partition coefficient (Wildman–Crippen LogP) is 6.77. The van der Waals surface area contributed by atoms with Crippen molar-refractivity contribution in [2.24, 2.45) is 0 Å². The van der Waals surface area contributed by atoms with E-state index in [2.05, 4.69) is 4.98 Å². The van der Waals surface area contributed by atoms with Crippen LogP contribution in [0.2, 0.25) is 0 Å². The third-order valence-corrected chi connectivity index (χ3v) is 5.73. The summed E-state index contributed by atoms with van der Waals surface area (Å²) in [5.41, 5.74) is 3.70. The van der Waals surface area contributed by atoms with Gasteiger partial charge in [-0.2, -0.15) is 13.2 Å². The quantitative estimate of drug-likeness (QED) is 0.324. The number of carbonyl (C=O) groups is 1. The lowest BCUT2D eigenvalue weighted by molar-refractivity contribution is -0.137. The highest BCUT2D eigenvalue weighted by Gasteiger charge is 2.30. The van der Waals surface area contributed by atoms with Crippen molar-refractivity contribution < 1.29 is 23.1 Å². The summed E-state index contributed by atoms with van der Waals surface area (Å²) in [5.74, 6) is -1.16. The van der Waals surface area contributed by atoms with Crippen molar-refractivity contribution in [3.63, 3.8) is 0 Å². The molecule has 0 radical (unpaired) electrons. The van der Waals surface area contributed by atoms with Gasteiger partial charge in [0.25, 0.3) is 0 Å². The summed E-state index contributed by atoms with van der Waals surface area (Å²) in [6, 6.07) is 16.0. The fourth-order valence-electron chi connectivity index (χ4n) is 3.26. The average Bonchev–Trinajstić information content (AvgIpc) is 3.28. The molecular formula is C23H14F3N2O3S-. The van der Waals surface area contributed by atoms with E-state index in [0.29, 0.717) is 33.0 Å². The van der Waals surface area contributed by atoms with Crippen molar-refractivity contribution in [3.8, 4) is 33.0 Å². The van der Waals surface area contributed by atoms with Gasteiger partial charge in [0.2, 0.25) is 0 Å². The Bertz CT molecular complexity index is 1280. The second-order valence-corrected chi connectivity index (χ2v) is 7.68. The number of hydrogen-bond acceptors (Lipinski definition) is 5. The van der Waals surface area contributed by atoms with E-state index in [9.17, 15) is 28.3 Å². The molecule has 0 unspecified atom stereocenters. The normalized spacial score (nSPS) is 11.4. The zero-order valence-electron chi connectivity index (χ0n) is 16.2. The summed E-state index contributed by atoms with van der Waals surface area (Å²) < 4.78 is 38.3. The van der Waals surface area contributed by atoms with Crippen LogP contribution >= 0.6 is 11.3 Å². The number of rotatable bonds is 5. The molecule has 32 heavy (non-hydrogen) atoms. The van der Waals surface area contributed by atoms with Gasteiger partial charge >= 0.3 is 12.1 Å². The van der Waals surface area contributed by atoms with Crippen molar-refractivity contribution in [1.82, 2.24) is 4.98 Å². The number of hydrogen-bond donors (Lipinski definition) is 2. The first-order chi connectivity index (χ1) is 15.3. The number of alkyl halides is 3. The minimum Gasteiger partial charge on any atom is -0.761 e. The molecule has 0 amide bonds. The third kappa shape index (κ3) is 4.20. The first-order valence-corrected chi connectivity index (χ1v) is 10.1. The van der Waals surface area contributed by atoms with E-state index in [4.69, 9.17) is 0 Å². The highest BCUT2D eigenvalue weighted by Crippen LogP contribution is 2.36. The van der Waals surface area contributed by atoms with E-state index in [1.807, 2.05) is 5.48 Å². The van der Waals surface area contributed by atoms with Crippen LogP contribution < -0.4 is 5.48 Å². The summed E-state index contributed by atoms with van der Waals surface area (Å²) in [7, 11) is 0. The van der Waals surface area contributed by atoms with Crippen molar-refractivity contribution in [2.75, 3.05) is 5.48 Å². The van der Waals surface area contributed by atoms with Crippen molar-refractivity contribution in [2.45, 2.75) is 6.18 Å². The Morgan fingerprint density at radius 3 is 2.31 bits per heavy atom. The molecule has 5 nitrogen and oxygen atoms in total. The van der Waals surface area contributed by atoms with Crippen LogP contribution in [0.4, 0.5) is 18.9 Å². The molecular weight excluding hydrogens is 441 g/mol. The molecule has 9 heteroatoms. The summed E-state index contributed by atoms with van der Waals surface area (Å²) >= 11 is 1.25. The minimum atomic E-state index is -4.42. The molecule has 1 heterocycles. The zero-order chi connectivity index (χ0) is 22.9. The number of para-hydroxylation sites is 1. The van der Waals surface area contributed by atoms with Gasteiger partial charge in [-0.1, -0.05) is 42.5 Å². The van der Waals surface area contributed by atoms with Crippen LogP contribution in [0.5, 0.6) is 0 Å². The summed E-state index contributed by atoms with van der Waals surface area (Å²) in [5, 5.41) is 23.2. The second kappa shape index (κ2) is 8.45. The van der Waals surface area contributed by atoms with Gasteiger partial charge in [0.05, 0.1) is 16.8 Å². The van der Waals surface area contributed by atoms with Crippen LogP contribution in [0.3, 0.4) is 0 Å². The van der Waals surface area contributed by atoms with Crippen molar-refractivity contribution >= 4 is 23.0 Å². The molecule has 4 aromatic rings. The van der Waals surface area contributed by atoms with Crippen molar-refractivity contribution in [3.05, 3.63) is 88.4 Å². The molecule has 0 spiro atoms. The average molecular weight is 455 g/mol. The number of aromatic nitrogens is 1. The van der Waals surface area contributed by atoms with E-state index in [0.717, 1.165) is 12.1 Å². The molecule has 1 aromatic heterocycles. The lowest BCUT2D eigenvalue weighted by Crippen LogP contribution is -2.03. The molecule has 0 aliphatic rings. The number of nitrogens with one attached hydrogen (secondary N) is 1. The van der Waals surface area contributed by atoms with Crippen LogP contribution in [0.15, 0.2) is 72.1 Å². The Morgan fingerprint density at radius 1 is 0.969 bits per heavy atom. The lowest BCUT2D eigenvalue weighted by Gasteiger charge is -2.16. The van der Waals surface area contributed by atoms with Gasteiger partial charge in [-0.05, 0) is 29.8 Å². The standard InChI is InChI=1S/C23H14F3N2O3S/c24-23(25,26)15-8-5-13(6-9-15)20-12-32-21(27-20)14-7-10-16(18(11-14)22(29)30)17-3-1-2-4-19(17)28-31/h1-12,28H,(H,29,30)/q-1. The maximum atomic E-state index is 12.8. The number of benzene rings is 3. The molecule has 0 saturated carbocycles. The molecule has 162 valence electrons. The first kappa shape index (κ1) is 21.5. The molecule has 0 aliphatic carbocycles. The minimum absolute atomic E-state index is 0.00326. The number of nitrogens with zero attached hydrogens (tertiary/aromatic N) is 1. The summed E-state index contributed by atoms with van der Waals surface area (Å²) in [4.78, 5) is 16.4. The van der Waals surface area contributed by atoms with E-state index in [1.165, 1.54) is 29.5 Å². The Hall–Kier alpha value is -3.69. The number of carboxylic acids is 1. The molecule has 0 aliphatic heterocycles. The Kier molecular flexibility index (Phi) is 5.68. The van der Waals surface area contributed by atoms with Gasteiger partial charge in [-0.3, -0.25) is 0 Å². The number of aromatic carboxylic acids is 1. The van der Waals surface area contributed by atoms with Gasteiger partial charge in [-0.15, -0.1) is 11.3 Å². The Balaban J connectivity index is 1.70. The highest BCUT2D eigenvalue weighted by atomic mass is 32.1. The fourth-order valence-corrected chi connectivity index (χ4v) is 4.09. The van der Waals surface area contributed by atoms with Gasteiger partial charge < -0.3 is 15.8 Å². The molecule has 4 rings (SSSR count). The SMILES string of the molecule is O=C(O)c1cc(-c2nc(-c3ccc(C(F)(F)F)cc3)cs2)ccc1-c1ccccc1N[O-]. The van der Waals surface area contributed by atoms with Gasteiger partial charge in [-0.25, -0.2) is 9.78 Å². The van der Waals surface area contributed by atoms with Crippen LogP contribution in [-0.2, 0) is 6.18 Å². The Labute approximate surface area is 184 Å². The molecule has 0 atom stereocenters. The maximum absolute atomic E-state index is 12.8. The molecule has 2 N–H and O–H groups in total. The topological polar surface area (TPSA) is 85.3 Å². The first-order valence-electron chi connectivity index (χ1n) is 9.26.